The van der Waals surface area contributed by atoms with Crippen LogP contribution in [-0.4, -0.2) is 17.5 Å². The minimum atomic E-state index is -4.60. The second-order valence-electron chi connectivity index (χ2n) is 5.56. The van der Waals surface area contributed by atoms with Crippen molar-refractivity contribution in [1.29, 1.82) is 0 Å². The highest BCUT2D eigenvalue weighted by Crippen LogP contribution is 2.42. The first-order chi connectivity index (χ1) is 12.3. The van der Waals surface area contributed by atoms with E-state index in [0.29, 0.717) is 17.2 Å². The number of anilines is 2. The smallest absolute Gasteiger partial charge is 0.315 e. The number of hydrazone groups is 1. The lowest BCUT2D eigenvalue weighted by atomic mass is 10.1. The minimum absolute atomic E-state index is 0.00378. The van der Waals surface area contributed by atoms with Crippen LogP contribution in [0.15, 0.2) is 47.6 Å². The molecule has 3 rings (SSSR count). The average molecular weight is 400 g/mol. The third-order valence-corrected chi connectivity index (χ3v) is 4.15. The van der Waals surface area contributed by atoms with Gasteiger partial charge in [0.2, 0.25) is 0 Å². The molecule has 0 atom stereocenters. The van der Waals surface area contributed by atoms with Crippen molar-refractivity contribution in [3.05, 3.63) is 58.6 Å². The minimum Gasteiger partial charge on any atom is -0.315 e. The summed E-state index contributed by atoms with van der Waals surface area (Å²) in [6.45, 7) is 0.240. The van der Waals surface area contributed by atoms with Crippen molar-refractivity contribution in [3.63, 3.8) is 0 Å². The lowest BCUT2D eigenvalue weighted by Gasteiger charge is -2.22. The summed E-state index contributed by atoms with van der Waals surface area (Å²) in [5, 5.41) is 7.65. The molecule has 0 saturated heterocycles. The molecule has 26 heavy (non-hydrogen) atoms. The Hall–Kier alpha value is -2.19. The third-order valence-electron chi connectivity index (χ3n) is 3.80. The Morgan fingerprint density at radius 1 is 1.23 bits per heavy atom. The molecule has 4 nitrogen and oxygen atoms in total. The fourth-order valence-corrected chi connectivity index (χ4v) is 3.07. The monoisotopic (exact) mass is 399 g/mol. The summed E-state index contributed by atoms with van der Waals surface area (Å²) in [5.74, 6) is 0. The number of thiol groups is 1. The Bertz CT molecular complexity index is 886. The number of benzene rings is 2. The van der Waals surface area contributed by atoms with Gasteiger partial charge in [-0.15, -0.1) is 0 Å². The highest BCUT2D eigenvalue weighted by atomic mass is 35.5. The van der Waals surface area contributed by atoms with E-state index in [0.717, 1.165) is 11.6 Å². The zero-order chi connectivity index (χ0) is 18.9. The van der Waals surface area contributed by atoms with E-state index in [1.165, 1.54) is 17.1 Å². The van der Waals surface area contributed by atoms with Gasteiger partial charge < -0.3 is 5.32 Å². The van der Waals surface area contributed by atoms with Crippen LogP contribution in [0.4, 0.5) is 29.3 Å². The largest absolute Gasteiger partial charge is 0.418 e. The number of carbonyl (C=O) groups excluding carboxylic acids is 1. The Balaban J connectivity index is 2.06. The van der Waals surface area contributed by atoms with Gasteiger partial charge in [-0.05, 0) is 29.8 Å². The second-order valence-corrected chi connectivity index (χ2v) is 6.40. The van der Waals surface area contributed by atoms with Gasteiger partial charge in [0, 0.05) is 18.0 Å². The molecule has 0 unspecified atom stereocenters. The molecule has 1 heterocycles. The van der Waals surface area contributed by atoms with Crippen molar-refractivity contribution in [2.24, 2.45) is 5.10 Å². The molecule has 9 heteroatoms. The molecule has 0 bridgehead atoms. The van der Waals surface area contributed by atoms with Crippen LogP contribution in [0.5, 0.6) is 0 Å². The van der Waals surface area contributed by atoms with Gasteiger partial charge in [-0.1, -0.05) is 42.4 Å². The van der Waals surface area contributed by atoms with Crippen molar-refractivity contribution in [3.8, 4) is 0 Å². The number of alkyl halides is 3. The van der Waals surface area contributed by atoms with E-state index in [-0.39, 0.29) is 17.9 Å². The SMILES string of the molecule is O=C(S)Nc1cccc(C(F)(F)F)c1N1CCC(c2cccc(Cl)c2)=N1. The van der Waals surface area contributed by atoms with E-state index < -0.39 is 17.0 Å². The number of carbonyl (C=O) groups is 1. The highest BCUT2D eigenvalue weighted by Gasteiger charge is 2.37. The molecule has 1 aliphatic rings. The van der Waals surface area contributed by atoms with Gasteiger partial charge in [0.15, 0.2) is 0 Å². The van der Waals surface area contributed by atoms with Gasteiger partial charge in [-0.3, -0.25) is 9.80 Å². The van der Waals surface area contributed by atoms with Gasteiger partial charge in [-0.2, -0.15) is 18.3 Å². The summed E-state index contributed by atoms with van der Waals surface area (Å²) in [7, 11) is 0. The quantitative estimate of drug-likeness (QED) is 0.675. The fraction of sp³-hybridized carbons (Fsp3) is 0.176. The molecule has 0 fully saturated rings. The average Bonchev–Trinajstić information content (AvgIpc) is 3.03. The van der Waals surface area contributed by atoms with E-state index >= 15 is 0 Å². The third kappa shape index (κ3) is 3.96. The van der Waals surface area contributed by atoms with Gasteiger partial charge in [0.25, 0.3) is 5.24 Å². The van der Waals surface area contributed by atoms with Crippen molar-refractivity contribution in [2.75, 3.05) is 16.9 Å². The number of halogens is 4. The molecule has 2 aromatic rings. The summed E-state index contributed by atoms with van der Waals surface area (Å²) in [4.78, 5) is 11.3. The summed E-state index contributed by atoms with van der Waals surface area (Å²) in [6, 6.07) is 10.5. The zero-order valence-corrected chi connectivity index (χ0v) is 14.9. The first kappa shape index (κ1) is 18.6. The number of amides is 1. The first-order valence-electron chi connectivity index (χ1n) is 7.57. The van der Waals surface area contributed by atoms with Gasteiger partial charge >= 0.3 is 6.18 Å². The lowest BCUT2D eigenvalue weighted by molar-refractivity contribution is -0.137. The molecule has 1 aliphatic heterocycles. The van der Waals surface area contributed by atoms with E-state index in [4.69, 9.17) is 11.6 Å². The maximum absolute atomic E-state index is 13.5. The van der Waals surface area contributed by atoms with Crippen LogP contribution in [-0.2, 0) is 6.18 Å². The maximum Gasteiger partial charge on any atom is 0.418 e. The Morgan fingerprint density at radius 2 is 1.96 bits per heavy atom. The van der Waals surface area contributed by atoms with Gasteiger partial charge in [0.05, 0.1) is 22.6 Å². The van der Waals surface area contributed by atoms with Crippen LogP contribution in [0.1, 0.15) is 17.5 Å². The van der Waals surface area contributed by atoms with Crippen molar-refractivity contribution in [1.82, 2.24) is 0 Å². The number of nitrogens with zero attached hydrogens (tertiary/aromatic N) is 2. The standard InChI is InChI=1S/C17H13ClF3N3OS/c18-11-4-1-3-10(9-11)13-7-8-24(23-13)15-12(17(19,20)21)5-2-6-14(15)22-16(25)26/h1-6,9H,7-8H2,(H2,22,25,26). The normalized spacial score (nSPS) is 14.3. The van der Waals surface area contributed by atoms with Crippen molar-refractivity contribution < 1.29 is 18.0 Å². The fourth-order valence-electron chi connectivity index (χ4n) is 2.76. The van der Waals surface area contributed by atoms with Gasteiger partial charge in [0.1, 0.15) is 0 Å². The molecule has 0 radical (unpaired) electrons. The number of hydrogen-bond acceptors (Lipinski definition) is 3. The molecule has 0 saturated carbocycles. The van der Waals surface area contributed by atoms with Crippen LogP contribution >= 0.6 is 24.2 Å². The second kappa shape index (κ2) is 7.20. The Morgan fingerprint density at radius 3 is 2.62 bits per heavy atom. The predicted octanol–water partition coefficient (Wildman–Crippen LogP) is 5.43. The van der Waals surface area contributed by atoms with Crippen molar-refractivity contribution in [2.45, 2.75) is 12.6 Å². The number of hydrogen-bond donors (Lipinski definition) is 2. The van der Waals surface area contributed by atoms with E-state index in [2.05, 4.69) is 23.0 Å². The van der Waals surface area contributed by atoms with Crippen LogP contribution < -0.4 is 10.3 Å². The predicted molar refractivity (Wildman–Crippen MR) is 99.4 cm³/mol. The summed E-state index contributed by atoms with van der Waals surface area (Å²) in [6.07, 6.45) is -4.15. The van der Waals surface area contributed by atoms with Gasteiger partial charge in [-0.25, -0.2) is 0 Å². The molecule has 1 N–H and O–H groups in total. The number of para-hydroxylation sites is 1. The van der Waals surface area contributed by atoms with Crippen LogP contribution in [0.3, 0.4) is 0 Å². The maximum atomic E-state index is 13.5. The highest BCUT2D eigenvalue weighted by molar-refractivity contribution is 7.96. The molecule has 0 aliphatic carbocycles. The van der Waals surface area contributed by atoms with Crippen LogP contribution in [0.2, 0.25) is 5.02 Å². The van der Waals surface area contributed by atoms with E-state index in [9.17, 15) is 18.0 Å². The summed E-state index contributed by atoms with van der Waals surface area (Å²) in [5.41, 5.74) is 0.264. The van der Waals surface area contributed by atoms with E-state index in [1.54, 1.807) is 24.3 Å². The Kier molecular flexibility index (Phi) is 5.15. The molecule has 0 aromatic heterocycles. The molecule has 0 spiro atoms. The molecule has 136 valence electrons. The number of rotatable bonds is 3. The topological polar surface area (TPSA) is 44.7 Å². The first-order valence-corrected chi connectivity index (χ1v) is 8.39. The molecule has 1 amide bonds. The molecular formula is C17H13ClF3N3OS. The van der Waals surface area contributed by atoms with Crippen molar-refractivity contribution >= 4 is 46.6 Å². The zero-order valence-electron chi connectivity index (χ0n) is 13.2. The van der Waals surface area contributed by atoms with Crippen LogP contribution in [0.25, 0.3) is 0 Å². The van der Waals surface area contributed by atoms with Crippen LogP contribution in [0, 0.1) is 0 Å². The lowest BCUT2D eigenvalue weighted by Crippen LogP contribution is -2.20. The van der Waals surface area contributed by atoms with E-state index in [1.807, 2.05) is 0 Å². The molecular weight excluding hydrogens is 387 g/mol. The summed E-state index contributed by atoms with van der Waals surface area (Å²) < 4.78 is 40.4. The summed E-state index contributed by atoms with van der Waals surface area (Å²) >= 11 is 9.56. The molecule has 2 aromatic carbocycles. The Labute approximate surface area is 158 Å². The number of nitrogens with one attached hydrogen (secondary N) is 1.